The Balaban J connectivity index is 0.000000290. The highest BCUT2D eigenvalue weighted by Gasteiger charge is 2.46. The third-order valence-corrected chi connectivity index (χ3v) is 24.9. The van der Waals surface area contributed by atoms with Gasteiger partial charge in [-0.15, -0.1) is 0 Å². The lowest BCUT2D eigenvalue weighted by Crippen LogP contribution is -2.68. The Kier molecular flexibility index (Phi) is 14.8. The van der Waals surface area contributed by atoms with Crippen molar-refractivity contribution in [3.63, 3.8) is 0 Å². The first-order chi connectivity index (χ1) is 19.2. The standard InChI is InChI=1S/C17H26O2Si3.C12H26O3Si4/c1-20(2)18-22(19-21(3,4)5,16-12-8-6-9-13-16)17-14-10-7-11-15-17;1-16(2)13-19(14-17(3)4,15-18(5)6)12-10-8-7-9-11-12/h6-15,20H,1-5H3;7-11,16-18H,1-6H3. The number of hydrogen-bond donors (Lipinski definition) is 0. The van der Waals surface area contributed by atoms with E-state index < -0.39 is 61.8 Å². The molecule has 0 unspecified atom stereocenters. The van der Waals surface area contributed by atoms with Crippen molar-refractivity contribution in [3.05, 3.63) is 91.0 Å². The lowest BCUT2D eigenvalue weighted by molar-refractivity contribution is 0.290. The molecular formula is C29H52O5Si7. The van der Waals surface area contributed by atoms with E-state index in [1.165, 1.54) is 10.4 Å². The first-order valence-electron chi connectivity index (χ1n) is 14.8. The molecule has 41 heavy (non-hydrogen) atoms. The molecule has 0 aliphatic rings. The number of benzene rings is 3. The molecule has 0 spiro atoms. The maximum absolute atomic E-state index is 6.80. The summed E-state index contributed by atoms with van der Waals surface area (Å²) >= 11 is 0. The summed E-state index contributed by atoms with van der Waals surface area (Å²) in [7, 11) is -12.0. The van der Waals surface area contributed by atoms with Gasteiger partial charge in [-0.1, -0.05) is 91.0 Å². The molecule has 0 saturated heterocycles. The summed E-state index contributed by atoms with van der Waals surface area (Å²) in [5, 5.41) is 3.55. The third kappa shape index (κ3) is 11.9. The molecule has 3 aromatic carbocycles. The van der Waals surface area contributed by atoms with Crippen molar-refractivity contribution in [3.8, 4) is 0 Å². The Morgan fingerprint density at radius 3 is 0.976 bits per heavy atom. The van der Waals surface area contributed by atoms with Crippen LogP contribution in [0.4, 0.5) is 0 Å². The van der Waals surface area contributed by atoms with Crippen LogP contribution in [-0.4, -0.2) is 61.8 Å². The SMILES string of the molecule is C[SiH](C)O[Si](O[SiH](C)C)(O[SiH](C)C)c1ccccc1.C[SiH](C)O[Si](O[Si](C)(C)C)(c1ccccc1)c1ccccc1. The van der Waals surface area contributed by atoms with E-state index in [1.807, 2.05) is 18.2 Å². The average Bonchev–Trinajstić information content (AvgIpc) is 2.88. The van der Waals surface area contributed by atoms with Crippen molar-refractivity contribution in [1.82, 2.24) is 0 Å². The number of hydrogen-bond acceptors (Lipinski definition) is 5. The van der Waals surface area contributed by atoms with Crippen molar-refractivity contribution in [2.24, 2.45) is 0 Å². The molecule has 0 bridgehead atoms. The Morgan fingerprint density at radius 1 is 0.415 bits per heavy atom. The zero-order chi connectivity index (χ0) is 30.7. The van der Waals surface area contributed by atoms with Crippen LogP contribution in [0.1, 0.15) is 0 Å². The highest BCUT2D eigenvalue weighted by atomic mass is 28.5. The largest absolute Gasteiger partial charge is 0.505 e. The molecule has 3 rings (SSSR count). The van der Waals surface area contributed by atoms with E-state index in [0.717, 1.165) is 5.19 Å². The average molecular weight is 677 g/mol. The predicted molar refractivity (Wildman–Crippen MR) is 194 cm³/mol. The minimum absolute atomic E-state index is 1.12. The Labute approximate surface area is 259 Å². The van der Waals surface area contributed by atoms with Gasteiger partial charge >= 0.3 is 17.4 Å². The van der Waals surface area contributed by atoms with E-state index in [0.29, 0.717) is 0 Å². The quantitative estimate of drug-likeness (QED) is 0.241. The molecule has 0 radical (unpaired) electrons. The second kappa shape index (κ2) is 16.7. The van der Waals surface area contributed by atoms with Gasteiger partial charge in [0, 0.05) is 5.19 Å². The van der Waals surface area contributed by atoms with Crippen LogP contribution < -0.4 is 15.6 Å². The highest BCUT2D eigenvalue weighted by molar-refractivity contribution is 7.00. The van der Waals surface area contributed by atoms with E-state index >= 15 is 0 Å². The molecule has 0 aliphatic heterocycles. The Bertz CT molecular complexity index is 1060. The fourth-order valence-corrected chi connectivity index (χ4v) is 26.6. The van der Waals surface area contributed by atoms with E-state index in [1.54, 1.807) is 0 Å². The second-order valence-corrected chi connectivity index (χ2v) is 33.4. The van der Waals surface area contributed by atoms with Crippen LogP contribution in [-0.2, 0) is 20.6 Å². The van der Waals surface area contributed by atoms with Crippen molar-refractivity contribution >= 4 is 77.4 Å². The summed E-state index contributed by atoms with van der Waals surface area (Å²) in [6.45, 7) is 24.3. The topological polar surface area (TPSA) is 46.2 Å². The fourth-order valence-electron chi connectivity index (χ4n) is 4.38. The lowest BCUT2D eigenvalue weighted by atomic mass is 10.4. The van der Waals surface area contributed by atoms with Crippen LogP contribution in [0.2, 0.25) is 72.0 Å². The maximum Gasteiger partial charge on any atom is 0.505 e. The zero-order valence-corrected chi connectivity index (χ0v) is 34.6. The van der Waals surface area contributed by atoms with Crippen LogP contribution in [0.3, 0.4) is 0 Å². The monoisotopic (exact) mass is 676 g/mol. The van der Waals surface area contributed by atoms with Crippen LogP contribution in [0.5, 0.6) is 0 Å². The summed E-state index contributed by atoms with van der Waals surface area (Å²) in [6, 6.07) is 31.4. The summed E-state index contributed by atoms with van der Waals surface area (Å²) in [4.78, 5) is 0. The predicted octanol–water partition coefficient (Wildman–Crippen LogP) is 4.93. The molecule has 0 saturated carbocycles. The summed E-state index contributed by atoms with van der Waals surface area (Å²) < 4.78 is 32.5. The van der Waals surface area contributed by atoms with Crippen LogP contribution in [0.15, 0.2) is 91.0 Å². The van der Waals surface area contributed by atoms with Gasteiger partial charge in [0.05, 0.1) is 0 Å². The molecule has 226 valence electrons. The smallest absolute Gasteiger partial charge is 0.433 e. The lowest BCUT2D eigenvalue weighted by Gasteiger charge is -2.38. The Hall–Kier alpha value is -1.02. The highest BCUT2D eigenvalue weighted by Crippen LogP contribution is 2.18. The molecular weight excluding hydrogens is 625 g/mol. The van der Waals surface area contributed by atoms with E-state index in [4.69, 9.17) is 20.6 Å². The van der Waals surface area contributed by atoms with Gasteiger partial charge in [0.25, 0.3) is 0 Å². The van der Waals surface area contributed by atoms with Crippen LogP contribution in [0.25, 0.3) is 0 Å². The van der Waals surface area contributed by atoms with E-state index in [-0.39, 0.29) is 0 Å². The third-order valence-electron chi connectivity index (χ3n) is 5.46. The fraction of sp³-hybridized carbons (Fsp3) is 0.379. The van der Waals surface area contributed by atoms with Crippen molar-refractivity contribution in [2.75, 3.05) is 0 Å². The molecule has 0 atom stereocenters. The molecule has 5 nitrogen and oxygen atoms in total. The van der Waals surface area contributed by atoms with E-state index in [9.17, 15) is 0 Å². The summed E-state index contributed by atoms with van der Waals surface area (Å²) in [5.41, 5.74) is 0. The van der Waals surface area contributed by atoms with Gasteiger partial charge in [-0.05, 0) is 82.4 Å². The molecule has 3 aromatic rings. The minimum Gasteiger partial charge on any atom is -0.433 e. The van der Waals surface area contributed by atoms with Gasteiger partial charge in [0.1, 0.15) is 0 Å². The molecule has 0 fully saturated rings. The molecule has 0 amide bonds. The summed E-state index contributed by atoms with van der Waals surface area (Å²) in [6.07, 6.45) is 0. The second-order valence-electron chi connectivity index (χ2n) is 12.2. The molecule has 0 heterocycles. The van der Waals surface area contributed by atoms with Gasteiger partial charge < -0.3 is 20.6 Å². The van der Waals surface area contributed by atoms with Crippen LogP contribution >= 0.6 is 0 Å². The van der Waals surface area contributed by atoms with Gasteiger partial charge in [0.15, 0.2) is 44.5 Å². The number of rotatable bonds is 13. The van der Waals surface area contributed by atoms with Gasteiger partial charge in [-0.25, -0.2) is 0 Å². The zero-order valence-electron chi connectivity index (χ0n) is 27.0. The van der Waals surface area contributed by atoms with Crippen molar-refractivity contribution in [2.45, 2.75) is 72.0 Å². The Morgan fingerprint density at radius 2 is 0.707 bits per heavy atom. The minimum atomic E-state index is -2.68. The summed E-state index contributed by atoms with van der Waals surface area (Å²) in [5.74, 6) is 0. The van der Waals surface area contributed by atoms with Crippen molar-refractivity contribution in [1.29, 1.82) is 0 Å². The molecule has 0 aliphatic carbocycles. The first-order valence-corrected chi connectivity index (χ1v) is 32.8. The van der Waals surface area contributed by atoms with Crippen molar-refractivity contribution < 1.29 is 20.6 Å². The maximum atomic E-state index is 6.80. The molecule has 0 aromatic heterocycles. The van der Waals surface area contributed by atoms with Gasteiger partial charge in [-0.2, -0.15) is 0 Å². The molecule has 0 N–H and O–H groups in total. The van der Waals surface area contributed by atoms with Gasteiger partial charge in [0.2, 0.25) is 0 Å². The van der Waals surface area contributed by atoms with Crippen LogP contribution in [0, 0.1) is 0 Å². The molecule has 12 heteroatoms. The normalized spacial score (nSPS) is 12.7. The van der Waals surface area contributed by atoms with Gasteiger partial charge in [-0.3, -0.25) is 0 Å². The van der Waals surface area contributed by atoms with E-state index in [2.05, 4.69) is 145 Å². The first kappa shape index (κ1) is 36.2.